The van der Waals surface area contributed by atoms with E-state index >= 15 is 0 Å². The van der Waals surface area contributed by atoms with Crippen molar-refractivity contribution in [2.45, 2.75) is 13.2 Å². The van der Waals surface area contributed by atoms with Crippen molar-refractivity contribution in [3.05, 3.63) is 54.0 Å². The van der Waals surface area contributed by atoms with Crippen LogP contribution in [-0.2, 0) is 13.2 Å². The monoisotopic (exact) mass is 217 g/mol. The van der Waals surface area contributed by atoms with E-state index in [1.807, 2.05) is 31.3 Å². The summed E-state index contributed by atoms with van der Waals surface area (Å²) in [7, 11) is 1.93. The SMILES string of the molecule is CNCc1cccc(OCc2ccoc2)c1. The van der Waals surface area contributed by atoms with E-state index in [-0.39, 0.29) is 0 Å². The molecule has 3 nitrogen and oxygen atoms in total. The quantitative estimate of drug-likeness (QED) is 0.835. The van der Waals surface area contributed by atoms with Crippen LogP contribution in [0, 0.1) is 0 Å². The van der Waals surface area contributed by atoms with Crippen LogP contribution in [0.3, 0.4) is 0 Å². The minimum absolute atomic E-state index is 0.541. The molecule has 84 valence electrons. The highest BCUT2D eigenvalue weighted by molar-refractivity contribution is 5.28. The molecule has 1 aromatic carbocycles. The Bertz CT molecular complexity index is 423. The van der Waals surface area contributed by atoms with E-state index in [0.29, 0.717) is 6.61 Å². The van der Waals surface area contributed by atoms with Crippen molar-refractivity contribution in [2.75, 3.05) is 7.05 Å². The second-order valence-corrected chi connectivity index (χ2v) is 3.60. The van der Waals surface area contributed by atoms with E-state index in [0.717, 1.165) is 17.9 Å². The van der Waals surface area contributed by atoms with E-state index in [1.54, 1.807) is 12.5 Å². The first-order valence-corrected chi connectivity index (χ1v) is 5.26. The van der Waals surface area contributed by atoms with E-state index in [4.69, 9.17) is 9.15 Å². The lowest BCUT2D eigenvalue weighted by molar-refractivity contribution is 0.304. The van der Waals surface area contributed by atoms with Gasteiger partial charge < -0.3 is 14.5 Å². The molecule has 0 aliphatic rings. The molecule has 16 heavy (non-hydrogen) atoms. The number of rotatable bonds is 5. The van der Waals surface area contributed by atoms with Crippen LogP contribution in [0.25, 0.3) is 0 Å². The predicted octanol–water partition coefficient (Wildman–Crippen LogP) is 2.58. The van der Waals surface area contributed by atoms with Crippen LogP contribution >= 0.6 is 0 Å². The smallest absolute Gasteiger partial charge is 0.120 e. The normalized spacial score (nSPS) is 10.3. The Morgan fingerprint density at radius 1 is 1.25 bits per heavy atom. The first kappa shape index (κ1) is 10.8. The van der Waals surface area contributed by atoms with Gasteiger partial charge >= 0.3 is 0 Å². The topological polar surface area (TPSA) is 34.4 Å². The first-order valence-electron chi connectivity index (χ1n) is 5.26. The van der Waals surface area contributed by atoms with E-state index < -0.39 is 0 Å². The number of ether oxygens (including phenoxy) is 1. The summed E-state index contributed by atoms with van der Waals surface area (Å²) in [5.74, 6) is 0.883. The van der Waals surface area contributed by atoms with Crippen LogP contribution in [0.4, 0.5) is 0 Å². The zero-order chi connectivity index (χ0) is 11.2. The molecule has 0 bridgehead atoms. The number of hydrogen-bond donors (Lipinski definition) is 1. The molecule has 0 atom stereocenters. The molecule has 0 spiro atoms. The standard InChI is InChI=1S/C13H15NO2/c1-14-8-11-3-2-4-13(7-11)16-10-12-5-6-15-9-12/h2-7,9,14H,8,10H2,1H3. The van der Waals surface area contributed by atoms with Crippen molar-refractivity contribution in [1.29, 1.82) is 0 Å². The van der Waals surface area contributed by atoms with E-state index in [9.17, 15) is 0 Å². The maximum Gasteiger partial charge on any atom is 0.120 e. The summed E-state index contributed by atoms with van der Waals surface area (Å²) in [5.41, 5.74) is 2.26. The molecule has 0 fully saturated rings. The third kappa shape index (κ3) is 2.87. The lowest BCUT2D eigenvalue weighted by atomic mass is 10.2. The zero-order valence-corrected chi connectivity index (χ0v) is 9.27. The number of hydrogen-bond acceptors (Lipinski definition) is 3. The molecule has 0 saturated carbocycles. The largest absolute Gasteiger partial charge is 0.489 e. The number of furan rings is 1. The summed E-state index contributed by atoms with van der Waals surface area (Å²) in [6.45, 7) is 1.39. The first-order chi connectivity index (χ1) is 7.88. The fourth-order valence-corrected chi connectivity index (χ4v) is 1.49. The molecule has 1 aromatic heterocycles. The van der Waals surface area contributed by atoms with Gasteiger partial charge in [-0.2, -0.15) is 0 Å². The third-order valence-corrected chi connectivity index (χ3v) is 2.26. The van der Waals surface area contributed by atoms with Gasteiger partial charge in [-0.1, -0.05) is 12.1 Å². The molecular formula is C13H15NO2. The molecule has 0 amide bonds. The van der Waals surface area contributed by atoms with Crippen molar-refractivity contribution in [1.82, 2.24) is 5.32 Å². The molecule has 2 aromatic rings. The molecule has 0 radical (unpaired) electrons. The summed E-state index contributed by atoms with van der Waals surface area (Å²) in [5, 5.41) is 3.11. The molecule has 0 aliphatic heterocycles. The molecule has 3 heteroatoms. The van der Waals surface area contributed by atoms with Gasteiger partial charge in [0.2, 0.25) is 0 Å². The summed E-state index contributed by atoms with van der Waals surface area (Å²) in [6, 6.07) is 9.96. The summed E-state index contributed by atoms with van der Waals surface area (Å²) >= 11 is 0. The second-order valence-electron chi connectivity index (χ2n) is 3.60. The molecular weight excluding hydrogens is 202 g/mol. The highest BCUT2D eigenvalue weighted by Crippen LogP contribution is 2.15. The molecule has 1 heterocycles. The van der Waals surface area contributed by atoms with Crippen LogP contribution in [0.1, 0.15) is 11.1 Å². The van der Waals surface area contributed by atoms with Crippen molar-refractivity contribution >= 4 is 0 Å². The van der Waals surface area contributed by atoms with Crippen molar-refractivity contribution < 1.29 is 9.15 Å². The van der Waals surface area contributed by atoms with Crippen molar-refractivity contribution in [2.24, 2.45) is 0 Å². The van der Waals surface area contributed by atoms with Gasteiger partial charge in [-0.3, -0.25) is 0 Å². The maximum absolute atomic E-state index is 5.65. The van der Waals surface area contributed by atoms with Crippen LogP contribution < -0.4 is 10.1 Å². The molecule has 0 saturated heterocycles. The third-order valence-electron chi connectivity index (χ3n) is 2.26. The highest BCUT2D eigenvalue weighted by atomic mass is 16.5. The zero-order valence-electron chi connectivity index (χ0n) is 9.27. The van der Waals surface area contributed by atoms with Gasteiger partial charge in [-0.15, -0.1) is 0 Å². The van der Waals surface area contributed by atoms with Gasteiger partial charge in [0, 0.05) is 12.1 Å². The van der Waals surface area contributed by atoms with Gasteiger partial charge in [0.15, 0.2) is 0 Å². The lowest BCUT2D eigenvalue weighted by Gasteiger charge is -2.06. The molecule has 2 rings (SSSR count). The van der Waals surface area contributed by atoms with Gasteiger partial charge in [0.05, 0.1) is 12.5 Å². The van der Waals surface area contributed by atoms with E-state index in [1.165, 1.54) is 5.56 Å². The average molecular weight is 217 g/mol. The Morgan fingerprint density at radius 3 is 2.94 bits per heavy atom. The minimum Gasteiger partial charge on any atom is -0.489 e. The fourth-order valence-electron chi connectivity index (χ4n) is 1.49. The van der Waals surface area contributed by atoms with Crippen LogP contribution in [0.15, 0.2) is 47.3 Å². The number of benzene rings is 1. The van der Waals surface area contributed by atoms with Crippen molar-refractivity contribution in [3.8, 4) is 5.75 Å². The Kier molecular flexibility index (Phi) is 3.62. The van der Waals surface area contributed by atoms with Crippen LogP contribution in [-0.4, -0.2) is 7.05 Å². The average Bonchev–Trinajstić information content (AvgIpc) is 2.80. The highest BCUT2D eigenvalue weighted by Gasteiger charge is 1.98. The van der Waals surface area contributed by atoms with Gasteiger partial charge in [-0.05, 0) is 30.8 Å². The van der Waals surface area contributed by atoms with Crippen LogP contribution in [0.5, 0.6) is 5.75 Å². The minimum atomic E-state index is 0.541. The van der Waals surface area contributed by atoms with Gasteiger partial charge in [0.1, 0.15) is 12.4 Å². The summed E-state index contributed by atoms with van der Waals surface area (Å²) in [6.07, 6.45) is 3.34. The van der Waals surface area contributed by atoms with E-state index in [2.05, 4.69) is 11.4 Å². The predicted molar refractivity (Wildman–Crippen MR) is 62.2 cm³/mol. The Hall–Kier alpha value is -1.74. The summed E-state index contributed by atoms with van der Waals surface area (Å²) < 4.78 is 10.6. The lowest BCUT2D eigenvalue weighted by Crippen LogP contribution is -2.05. The Morgan fingerprint density at radius 2 is 2.19 bits per heavy atom. The summed E-state index contributed by atoms with van der Waals surface area (Å²) in [4.78, 5) is 0. The Labute approximate surface area is 95.0 Å². The van der Waals surface area contributed by atoms with Gasteiger partial charge in [0.25, 0.3) is 0 Å². The number of nitrogens with one attached hydrogen (secondary N) is 1. The fraction of sp³-hybridized carbons (Fsp3) is 0.231. The van der Waals surface area contributed by atoms with Crippen molar-refractivity contribution in [3.63, 3.8) is 0 Å². The molecule has 1 N–H and O–H groups in total. The second kappa shape index (κ2) is 5.37. The Balaban J connectivity index is 1.96. The molecule has 0 aliphatic carbocycles. The van der Waals surface area contributed by atoms with Crippen LogP contribution in [0.2, 0.25) is 0 Å². The molecule has 0 unspecified atom stereocenters. The van der Waals surface area contributed by atoms with Gasteiger partial charge in [-0.25, -0.2) is 0 Å². The maximum atomic E-state index is 5.65.